The Labute approximate surface area is 196 Å². The van der Waals surface area contributed by atoms with Crippen LogP contribution in [-0.2, 0) is 0 Å². The third-order valence-electron chi connectivity index (χ3n) is 4.97. The third kappa shape index (κ3) is 3.97. The van der Waals surface area contributed by atoms with Gasteiger partial charge in [-0.1, -0.05) is 42.5 Å². The van der Waals surface area contributed by atoms with Gasteiger partial charge in [0, 0.05) is 9.64 Å². The molecule has 5 nitrogen and oxygen atoms in total. The number of ether oxygens (including phenoxy) is 2. The zero-order valence-electron chi connectivity index (χ0n) is 16.6. The van der Waals surface area contributed by atoms with Gasteiger partial charge >= 0.3 is 5.97 Å². The molecule has 32 heavy (non-hydrogen) atoms. The molecular formula is C26H15IO5. The van der Waals surface area contributed by atoms with Crippen LogP contribution < -0.4 is 14.9 Å². The molecule has 0 saturated heterocycles. The van der Waals surface area contributed by atoms with Crippen molar-refractivity contribution in [2.75, 3.05) is 0 Å². The number of carbonyl (C=O) groups is 1. The summed E-state index contributed by atoms with van der Waals surface area (Å²) in [5.74, 6) is 0.427. The molecule has 0 unspecified atom stereocenters. The van der Waals surface area contributed by atoms with E-state index in [4.69, 9.17) is 13.9 Å². The Hall–Kier alpha value is -3.65. The lowest BCUT2D eigenvalue weighted by atomic mass is 10.1. The highest BCUT2D eigenvalue weighted by Crippen LogP contribution is 2.27. The van der Waals surface area contributed by atoms with Crippen LogP contribution in [0.2, 0.25) is 0 Å². The van der Waals surface area contributed by atoms with Crippen LogP contribution in [0.1, 0.15) is 10.4 Å². The van der Waals surface area contributed by atoms with E-state index in [0.717, 1.165) is 14.3 Å². The predicted molar refractivity (Wildman–Crippen MR) is 131 cm³/mol. The molecule has 0 N–H and O–H groups in total. The predicted octanol–water partition coefficient (Wildman–Crippen LogP) is 6.56. The molecule has 6 heteroatoms. The minimum atomic E-state index is -0.479. The second-order valence-corrected chi connectivity index (χ2v) is 8.23. The van der Waals surface area contributed by atoms with Crippen molar-refractivity contribution in [3.8, 4) is 17.2 Å². The zero-order valence-corrected chi connectivity index (χ0v) is 18.7. The summed E-state index contributed by atoms with van der Waals surface area (Å²) in [5, 5.41) is 2.42. The number of benzene rings is 4. The van der Waals surface area contributed by atoms with Crippen LogP contribution in [0.15, 0.2) is 100 Å². The van der Waals surface area contributed by atoms with E-state index in [0.29, 0.717) is 22.3 Å². The first-order valence-electron chi connectivity index (χ1n) is 9.77. The number of halogens is 1. The Morgan fingerprint density at radius 2 is 1.56 bits per heavy atom. The van der Waals surface area contributed by atoms with Gasteiger partial charge in [-0.3, -0.25) is 4.79 Å². The first kappa shape index (κ1) is 20.3. The molecule has 0 saturated carbocycles. The normalized spacial score (nSPS) is 10.9. The summed E-state index contributed by atoms with van der Waals surface area (Å²) in [6, 6.07) is 25.3. The fourth-order valence-corrected chi connectivity index (χ4v) is 3.98. The molecule has 1 heterocycles. The van der Waals surface area contributed by atoms with Crippen LogP contribution in [0.25, 0.3) is 21.7 Å². The first-order chi connectivity index (χ1) is 15.6. The maximum absolute atomic E-state index is 12.9. The second kappa shape index (κ2) is 8.47. The molecule has 1 aromatic heterocycles. The largest absolute Gasteiger partial charge is 0.460 e. The maximum Gasteiger partial charge on any atom is 0.344 e. The van der Waals surface area contributed by atoms with Gasteiger partial charge in [-0.2, -0.15) is 0 Å². The summed E-state index contributed by atoms with van der Waals surface area (Å²) in [5.41, 5.74) is 0.456. The number of esters is 1. The van der Waals surface area contributed by atoms with E-state index in [9.17, 15) is 9.59 Å². The number of fused-ring (bicyclic) bond motifs is 2. The van der Waals surface area contributed by atoms with Crippen LogP contribution in [-0.4, -0.2) is 5.97 Å². The minimum absolute atomic E-state index is 0.0800. The monoisotopic (exact) mass is 534 g/mol. The van der Waals surface area contributed by atoms with E-state index < -0.39 is 5.97 Å². The number of rotatable bonds is 4. The highest BCUT2D eigenvalue weighted by Gasteiger charge is 2.14. The van der Waals surface area contributed by atoms with Crippen LogP contribution in [0.5, 0.6) is 17.2 Å². The molecule has 0 spiro atoms. The smallest absolute Gasteiger partial charge is 0.344 e. The lowest BCUT2D eigenvalue weighted by Gasteiger charge is -2.08. The van der Waals surface area contributed by atoms with Gasteiger partial charge in [-0.15, -0.1) is 0 Å². The Morgan fingerprint density at radius 3 is 2.41 bits per heavy atom. The molecule has 156 valence electrons. The summed E-state index contributed by atoms with van der Waals surface area (Å²) in [6.07, 6.45) is 1.27. The van der Waals surface area contributed by atoms with Crippen LogP contribution in [0.4, 0.5) is 0 Å². The summed E-state index contributed by atoms with van der Waals surface area (Å²) in [7, 11) is 0. The van der Waals surface area contributed by atoms with Gasteiger partial charge in [0.1, 0.15) is 23.3 Å². The van der Waals surface area contributed by atoms with Gasteiger partial charge in [-0.25, -0.2) is 4.79 Å². The van der Waals surface area contributed by atoms with Crippen molar-refractivity contribution in [3.63, 3.8) is 0 Å². The van der Waals surface area contributed by atoms with Gasteiger partial charge in [-0.05, 0) is 69.8 Å². The van der Waals surface area contributed by atoms with Gasteiger partial charge in [0.05, 0.1) is 10.9 Å². The average molecular weight is 534 g/mol. The highest BCUT2D eigenvalue weighted by molar-refractivity contribution is 14.1. The van der Waals surface area contributed by atoms with E-state index in [1.165, 1.54) is 12.3 Å². The molecule has 0 bridgehead atoms. The fraction of sp³-hybridized carbons (Fsp3) is 0. The van der Waals surface area contributed by atoms with E-state index in [2.05, 4.69) is 22.6 Å². The average Bonchev–Trinajstić information content (AvgIpc) is 2.81. The summed E-state index contributed by atoms with van der Waals surface area (Å²) < 4.78 is 17.7. The molecule has 5 rings (SSSR count). The fourth-order valence-electron chi connectivity index (χ4n) is 3.37. The van der Waals surface area contributed by atoms with E-state index >= 15 is 0 Å². The van der Waals surface area contributed by atoms with Crippen molar-refractivity contribution in [1.82, 2.24) is 0 Å². The number of carbonyl (C=O) groups excluding carboxylic acids is 1. The van der Waals surface area contributed by atoms with Crippen molar-refractivity contribution in [2.24, 2.45) is 0 Å². The number of hydrogen-bond acceptors (Lipinski definition) is 5. The van der Waals surface area contributed by atoms with Crippen LogP contribution in [0.3, 0.4) is 0 Å². The van der Waals surface area contributed by atoms with Crippen LogP contribution in [0, 0.1) is 3.57 Å². The van der Waals surface area contributed by atoms with Gasteiger partial charge in [0.25, 0.3) is 0 Å². The number of hydrogen-bond donors (Lipinski definition) is 0. The molecule has 0 atom stereocenters. The summed E-state index contributed by atoms with van der Waals surface area (Å²) in [4.78, 5) is 25.4. The maximum atomic E-state index is 12.9. The summed E-state index contributed by atoms with van der Waals surface area (Å²) >= 11 is 2.08. The van der Waals surface area contributed by atoms with Gasteiger partial charge < -0.3 is 13.9 Å². The molecule has 5 aromatic rings. The summed E-state index contributed by atoms with van der Waals surface area (Å²) in [6.45, 7) is 0. The zero-order chi connectivity index (χ0) is 22.1. The lowest BCUT2D eigenvalue weighted by Crippen LogP contribution is -2.10. The Morgan fingerprint density at radius 1 is 0.812 bits per heavy atom. The lowest BCUT2D eigenvalue weighted by molar-refractivity contribution is 0.0734. The molecule has 0 aliphatic heterocycles. The standard InChI is InChI=1S/C26H15IO5/c27-22-8-4-3-7-20(22)26(29)32-19-11-12-21-23(14-19)30-15-24(25(21)28)31-18-10-9-16-5-1-2-6-17(16)13-18/h1-15H. The molecule has 0 aliphatic carbocycles. The first-order valence-corrected chi connectivity index (χ1v) is 10.9. The van der Waals surface area contributed by atoms with E-state index in [1.807, 2.05) is 48.5 Å². The van der Waals surface area contributed by atoms with Gasteiger partial charge in [0.15, 0.2) is 0 Å². The van der Waals surface area contributed by atoms with Crippen molar-refractivity contribution in [1.29, 1.82) is 0 Å². The van der Waals surface area contributed by atoms with Gasteiger partial charge in [0.2, 0.25) is 11.2 Å². The highest BCUT2D eigenvalue weighted by atomic mass is 127. The van der Waals surface area contributed by atoms with Crippen molar-refractivity contribution in [3.05, 3.63) is 111 Å². The van der Waals surface area contributed by atoms with E-state index in [-0.39, 0.29) is 16.9 Å². The second-order valence-electron chi connectivity index (χ2n) is 7.07. The topological polar surface area (TPSA) is 65.7 Å². The molecule has 0 fully saturated rings. The quantitative estimate of drug-likeness (QED) is 0.148. The Kier molecular flexibility index (Phi) is 5.36. The SMILES string of the molecule is O=C(Oc1ccc2c(=O)c(Oc3ccc4ccccc4c3)coc2c1)c1ccccc1I. The Bertz CT molecular complexity index is 1540. The Balaban J connectivity index is 1.42. The van der Waals surface area contributed by atoms with E-state index in [1.54, 1.807) is 30.3 Å². The minimum Gasteiger partial charge on any atom is -0.460 e. The molecule has 0 radical (unpaired) electrons. The third-order valence-corrected chi connectivity index (χ3v) is 5.91. The van der Waals surface area contributed by atoms with Crippen molar-refractivity contribution in [2.45, 2.75) is 0 Å². The van der Waals surface area contributed by atoms with Crippen molar-refractivity contribution < 1.29 is 18.7 Å². The van der Waals surface area contributed by atoms with Crippen molar-refractivity contribution >= 4 is 50.3 Å². The van der Waals surface area contributed by atoms with Crippen LogP contribution >= 0.6 is 22.6 Å². The molecule has 4 aromatic carbocycles. The molecule has 0 amide bonds. The molecular weight excluding hydrogens is 519 g/mol. The molecule has 0 aliphatic rings.